The van der Waals surface area contributed by atoms with Crippen molar-refractivity contribution in [2.45, 2.75) is 19.4 Å². The van der Waals surface area contributed by atoms with E-state index in [1.807, 2.05) is 25.1 Å². The fourth-order valence-corrected chi connectivity index (χ4v) is 2.52. The Kier molecular flexibility index (Phi) is 4.34. The maximum absolute atomic E-state index is 5.78. The number of ether oxygens (including phenoxy) is 2. The van der Waals surface area contributed by atoms with E-state index in [4.69, 9.17) is 15.2 Å². The first-order valence-corrected chi connectivity index (χ1v) is 6.74. The predicted octanol–water partition coefficient (Wildman–Crippen LogP) is 2.17. The highest BCUT2D eigenvalue weighted by Gasteiger charge is 2.10. The van der Waals surface area contributed by atoms with Crippen molar-refractivity contribution in [3.8, 4) is 11.5 Å². The Morgan fingerprint density at radius 1 is 1.21 bits per heavy atom. The van der Waals surface area contributed by atoms with Crippen LogP contribution in [0.3, 0.4) is 0 Å². The van der Waals surface area contributed by atoms with Gasteiger partial charge in [-0.2, -0.15) is 0 Å². The van der Waals surface area contributed by atoms with Crippen molar-refractivity contribution in [2.24, 2.45) is 5.73 Å². The molecule has 1 aromatic carbocycles. The summed E-state index contributed by atoms with van der Waals surface area (Å²) in [6.07, 6.45) is 0.713. The second-order valence-corrected chi connectivity index (χ2v) is 5.28. The zero-order valence-corrected chi connectivity index (χ0v) is 12.0. The standard InChI is InChI=1S/C13H17N3O2S/c1-8(14)13-16-15-12(19-13)7-9-4-5-10(17-2)11(6-9)18-3/h4-6,8H,7,14H2,1-3H3. The van der Waals surface area contributed by atoms with Crippen LogP contribution in [0.1, 0.15) is 28.5 Å². The van der Waals surface area contributed by atoms with Crippen molar-refractivity contribution < 1.29 is 9.47 Å². The summed E-state index contributed by atoms with van der Waals surface area (Å²) in [4.78, 5) is 0. The summed E-state index contributed by atoms with van der Waals surface area (Å²) in [7, 11) is 3.25. The molecule has 0 saturated heterocycles. The molecule has 0 saturated carbocycles. The summed E-state index contributed by atoms with van der Waals surface area (Å²) in [6, 6.07) is 5.76. The summed E-state index contributed by atoms with van der Waals surface area (Å²) in [5.74, 6) is 1.44. The van der Waals surface area contributed by atoms with Gasteiger partial charge in [0.05, 0.1) is 20.3 Å². The average Bonchev–Trinajstić information content (AvgIpc) is 2.87. The van der Waals surface area contributed by atoms with Crippen molar-refractivity contribution in [3.63, 3.8) is 0 Å². The third kappa shape index (κ3) is 3.21. The van der Waals surface area contributed by atoms with E-state index < -0.39 is 0 Å². The van der Waals surface area contributed by atoms with Crippen LogP contribution >= 0.6 is 11.3 Å². The van der Waals surface area contributed by atoms with Crippen LogP contribution in [0.4, 0.5) is 0 Å². The minimum Gasteiger partial charge on any atom is -0.493 e. The van der Waals surface area contributed by atoms with E-state index in [2.05, 4.69) is 10.2 Å². The number of benzene rings is 1. The molecular weight excluding hydrogens is 262 g/mol. The van der Waals surface area contributed by atoms with Gasteiger partial charge >= 0.3 is 0 Å². The molecule has 102 valence electrons. The van der Waals surface area contributed by atoms with Gasteiger partial charge in [0.25, 0.3) is 0 Å². The van der Waals surface area contributed by atoms with Crippen molar-refractivity contribution in [3.05, 3.63) is 33.8 Å². The quantitative estimate of drug-likeness (QED) is 0.908. The van der Waals surface area contributed by atoms with Crippen LogP contribution in [-0.2, 0) is 6.42 Å². The molecule has 1 aromatic heterocycles. The van der Waals surface area contributed by atoms with Crippen LogP contribution in [0.25, 0.3) is 0 Å². The van der Waals surface area contributed by atoms with Crippen LogP contribution in [0.15, 0.2) is 18.2 Å². The molecule has 1 heterocycles. The van der Waals surface area contributed by atoms with Crippen LogP contribution in [0.2, 0.25) is 0 Å². The Labute approximate surface area is 116 Å². The van der Waals surface area contributed by atoms with Gasteiger partial charge in [-0.15, -0.1) is 10.2 Å². The van der Waals surface area contributed by atoms with E-state index in [0.717, 1.165) is 27.1 Å². The van der Waals surface area contributed by atoms with E-state index >= 15 is 0 Å². The Hall–Kier alpha value is -1.66. The zero-order valence-electron chi connectivity index (χ0n) is 11.2. The first-order valence-electron chi connectivity index (χ1n) is 5.92. The minimum atomic E-state index is -0.0725. The SMILES string of the molecule is COc1ccc(Cc2nnc(C(C)N)s2)cc1OC. The second kappa shape index (κ2) is 5.99. The molecule has 19 heavy (non-hydrogen) atoms. The largest absolute Gasteiger partial charge is 0.493 e. The lowest BCUT2D eigenvalue weighted by atomic mass is 10.1. The maximum Gasteiger partial charge on any atom is 0.160 e. The van der Waals surface area contributed by atoms with Gasteiger partial charge in [-0.3, -0.25) is 0 Å². The maximum atomic E-state index is 5.78. The summed E-state index contributed by atoms with van der Waals surface area (Å²) in [5, 5.41) is 10.0. The molecule has 0 aliphatic rings. The number of hydrogen-bond donors (Lipinski definition) is 1. The van der Waals surface area contributed by atoms with Crippen LogP contribution < -0.4 is 15.2 Å². The molecule has 2 aromatic rings. The molecular formula is C13H17N3O2S. The molecule has 5 nitrogen and oxygen atoms in total. The van der Waals surface area contributed by atoms with Gasteiger partial charge < -0.3 is 15.2 Å². The minimum absolute atomic E-state index is 0.0725. The van der Waals surface area contributed by atoms with Crippen molar-refractivity contribution in [1.29, 1.82) is 0 Å². The Morgan fingerprint density at radius 3 is 2.53 bits per heavy atom. The van der Waals surface area contributed by atoms with Gasteiger partial charge in [-0.25, -0.2) is 0 Å². The number of nitrogens with zero attached hydrogens (tertiary/aromatic N) is 2. The van der Waals surface area contributed by atoms with Crippen molar-refractivity contribution in [2.75, 3.05) is 14.2 Å². The summed E-state index contributed by atoms with van der Waals surface area (Å²) in [6.45, 7) is 1.90. The number of aromatic nitrogens is 2. The molecule has 0 fully saturated rings. The molecule has 0 radical (unpaired) electrons. The van der Waals surface area contributed by atoms with Crippen LogP contribution in [0.5, 0.6) is 11.5 Å². The first kappa shape index (κ1) is 13.8. The van der Waals surface area contributed by atoms with Gasteiger partial charge in [-0.1, -0.05) is 17.4 Å². The highest BCUT2D eigenvalue weighted by Crippen LogP contribution is 2.29. The predicted molar refractivity (Wildman–Crippen MR) is 74.9 cm³/mol. The monoisotopic (exact) mass is 279 g/mol. The van der Waals surface area contributed by atoms with Gasteiger partial charge in [-0.05, 0) is 24.6 Å². The normalized spacial score (nSPS) is 12.2. The highest BCUT2D eigenvalue weighted by atomic mass is 32.1. The fourth-order valence-electron chi connectivity index (χ4n) is 1.69. The molecule has 1 atom stereocenters. The van der Waals surface area contributed by atoms with Gasteiger partial charge in [0, 0.05) is 6.42 Å². The summed E-state index contributed by atoms with van der Waals surface area (Å²) >= 11 is 1.54. The number of methoxy groups -OCH3 is 2. The fraction of sp³-hybridized carbons (Fsp3) is 0.385. The lowest BCUT2D eigenvalue weighted by Crippen LogP contribution is -2.03. The Balaban J connectivity index is 2.18. The van der Waals surface area contributed by atoms with Crippen LogP contribution in [0, 0.1) is 0 Å². The summed E-state index contributed by atoms with van der Waals surface area (Å²) in [5.41, 5.74) is 6.88. The van der Waals surface area contributed by atoms with E-state index in [-0.39, 0.29) is 6.04 Å². The summed E-state index contributed by atoms with van der Waals surface area (Å²) < 4.78 is 10.5. The van der Waals surface area contributed by atoms with Gasteiger partial charge in [0.2, 0.25) is 0 Å². The Morgan fingerprint density at radius 2 is 1.95 bits per heavy atom. The highest BCUT2D eigenvalue weighted by molar-refractivity contribution is 7.11. The molecule has 0 aliphatic carbocycles. The molecule has 0 aliphatic heterocycles. The van der Waals surface area contributed by atoms with Crippen LogP contribution in [-0.4, -0.2) is 24.4 Å². The average molecular weight is 279 g/mol. The van der Waals surface area contributed by atoms with E-state index in [1.54, 1.807) is 14.2 Å². The van der Waals surface area contributed by atoms with E-state index in [1.165, 1.54) is 11.3 Å². The lowest BCUT2D eigenvalue weighted by molar-refractivity contribution is 0.354. The molecule has 0 spiro atoms. The first-order chi connectivity index (χ1) is 9.13. The molecule has 1 unspecified atom stereocenters. The zero-order chi connectivity index (χ0) is 13.8. The molecule has 6 heteroatoms. The number of nitrogens with two attached hydrogens (primary N) is 1. The lowest BCUT2D eigenvalue weighted by Gasteiger charge is -2.08. The molecule has 0 bridgehead atoms. The Bertz CT molecular complexity index is 555. The number of rotatable bonds is 5. The third-order valence-electron chi connectivity index (χ3n) is 2.68. The molecule has 2 N–H and O–H groups in total. The van der Waals surface area contributed by atoms with Gasteiger partial charge in [0.1, 0.15) is 10.0 Å². The van der Waals surface area contributed by atoms with Gasteiger partial charge in [0.15, 0.2) is 11.5 Å². The van der Waals surface area contributed by atoms with E-state index in [0.29, 0.717) is 6.42 Å². The smallest absolute Gasteiger partial charge is 0.160 e. The number of hydrogen-bond acceptors (Lipinski definition) is 6. The topological polar surface area (TPSA) is 70.3 Å². The molecule has 2 rings (SSSR count). The molecule has 0 amide bonds. The van der Waals surface area contributed by atoms with Crippen molar-refractivity contribution >= 4 is 11.3 Å². The van der Waals surface area contributed by atoms with E-state index in [9.17, 15) is 0 Å². The van der Waals surface area contributed by atoms with Crippen molar-refractivity contribution in [1.82, 2.24) is 10.2 Å². The third-order valence-corrected chi connectivity index (χ3v) is 3.80. The second-order valence-electron chi connectivity index (χ2n) is 4.19.